The minimum absolute atomic E-state index is 0.00670. The molecule has 0 aliphatic heterocycles. The normalized spacial score (nSPS) is 17.9. The number of carbonyl (C=O) groups is 1. The van der Waals surface area contributed by atoms with Crippen molar-refractivity contribution in [2.24, 2.45) is 5.73 Å². The Morgan fingerprint density at radius 1 is 1.56 bits per heavy atom. The molecule has 0 radical (unpaired) electrons. The topological polar surface area (TPSA) is 68.3 Å². The standard InChI is InChI=1S/C12H18N2O2/c1-2-12(6-3-7-12)14-11(15)10-5-4-9(8-13)16-10/h4-5H,2-3,6-8,13H2,1H3,(H,14,15). The summed E-state index contributed by atoms with van der Waals surface area (Å²) in [6.45, 7) is 2.43. The Morgan fingerprint density at radius 3 is 2.75 bits per heavy atom. The van der Waals surface area contributed by atoms with Crippen LogP contribution in [0.1, 0.15) is 48.9 Å². The quantitative estimate of drug-likeness (QED) is 0.816. The largest absolute Gasteiger partial charge is 0.455 e. The van der Waals surface area contributed by atoms with Crippen LogP contribution in [-0.2, 0) is 6.54 Å². The van der Waals surface area contributed by atoms with Gasteiger partial charge < -0.3 is 15.5 Å². The molecular formula is C12H18N2O2. The second kappa shape index (κ2) is 4.29. The van der Waals surface area contributed by atoms with Crippen molar-refractivity contribution >= 4 is 5.91 Å². The average molecular weight is 222 g/mol. The molecule has 1 heterocycles. The van der Waals surface area contributed by atoms with E-state index in [1.54, 1.807) is 12.1 Å². The summed E-state index contributed by atoms with van der Waals surface area (Å²) in [7, 11) is 0. The van der Waals surface area contributed by atoms with Gasteiger partial charge in [-0.05, 0) is 37.8 Å². The van der Waals surface area contributed by atoms with Crippen molar-refractivity contribution in [3.05, 3.63) is 23.7 Å². The van der Waals surface area contributed by atoms with Crippen molar-refractivity contribution in [2.75, 3.05) is 0 Å². The van der Waals surface area contributed by atoms with Crippen molar-refractivity contribution in [3.8, 4) is 0 Å². The fourth-order valence-electron chi connectivity index (χ4n) is 2.08. The fraction of sp³-hybridized carbons (Fsp3) is 0.583. The molecule has 0 spiro atoms. The number of rotatable bonds is 4. The van der Waals surface area contributed by atoms with Crippen molar-refractivity contribution < 1.29 is 9.21 Å². The van der Waals surface area contributed by atoms with E-state index in [1.807, 2.05) is 0 Å². The van der Waals surface area contributed by atoms with E-state index in [2.05, 4.69) is 12.2 Å². The van der Waals surface area contributed by atoms with E-state index in [4.69, 9.17) is 10.2 Å². The first-order valence-corrected chi connectivity index (χ1v) is 5.80. The summed E-state index contributed by atoms with van der Waals surface area (Å²) in [4.78, 5) is 11.9. The summed E-state index contributed by atoms with van der Waals surface area (Å²) in [5.74, 6) is 0.880. The molecule has 16 heavy (non-hydrogen) atoms. The molecule has 0 bridgehead atoms. The number of amides is 1. The molecule has 1 amide bonds. The zero-order valence-corrected chi connectivity index (χ0v) is 9.58. The average Bonchev–Trinajstić information content (AvgIpc) is 2.71. The molecule has 1 aromatic heterocycles. The minimum Gasteiger partial charge on any atom is -0.455 e. The molecule has 4 nitrogen and oxygen atoms in total. The van der Waals surface area contributed by atoms with E-state index in [-0.39, 0.29) is 11.4 Å². The van der Waals surface area contributed by atoms with Crippen LogP contribution in [0.4, 0.5) is 0 Å². The number of nitrogens with two attached hydrogens (primary N) is 1. The van der Waals surface area contributed by atoms with Crippen molar-refractivity contribution in [1.29, 1.82) is 0 Å². The smallest absolute Gasteiger partial charge is 0.287 e. The Kier molecular flexibility index (Phi) is 3.01. The summed E-state index contributed by atoms with van der Waals surface area (Å²) >= 11 is 0. The summed E-state index contributed by atoms with van der Waals surface area (Å²) in [6, 6.07) is 3.42. The molecule has 1 aromatic rings. The van der Waals surface area contributed by atoms with Crippen LogP contribution in [0, 0.1) is 0 Å². The van der Waals surface area contributed by atoms with Crippen LogP contribution >= 0.6 is 0 Å². The van der Waals surface area contributed by atoms with Crippen LogP contribution in [0.5, 0.6) is 0 Å². The predicted molar refractivity (Wildman–Crippen MR) is 60.9 cm³/mol. The van der Waals surface area contributed by atoms with E-state index in [0.29, 0.717) is 18.1 Å². The van der Waals surface area contributed by atoms with Crippen molar-refractivity contribution in [2.45, 2.75) is 44.7 Å². The number of hydrogen-bond donors (Lipinski definition) is 2. The lowest BCUT2D eigenvalue weighted by Gasteiger charge is -2.41. The molecular weight excluding hydrogens is 204 g/mol. The van der Waals surface area contributed by atoms with Gasteiger partial charge in [-0.2, -0.15) is 0 Å². The Balaban J connectivity index is 2.02. The maximum absolute atomic E-state index is 11.9. The van der Waals surface area contributed by atoms with E-state index in [0.717, 1.165) is 19.3 Å². The van der Waals surface area contributed by atoms with Gasteiger partial charge in [-0.3, -0.25) is 4.79 Å². The molecule has 0 unspecified atom stereocenters. The maximum atomic E-state index is 11.9. The SMILES string of the molecule is CCC1(NC(=O)c2ccc(CN)o2)CCC1. The van der Waals surface area contributed by atoms with Gasteiger partial charge in [-0.25, -0.2) is 0 Å². The Hall–Kier alpha value is -1.29. The number of hydrogen-bond acceptors (Lipinski definition) is 3. The first-order chi connectivity index (χ1) is 7.69. The summed E-state index contributed by atoms with van der Waals surface area (Å²) in [5, 5.41) is 3.06. The first-order valence-electron chi connectivity index (χ1n) is 5.80. The van der Waals surface area contributed by atoms with Crippen LogP contribution in [0.2, 0.25) is 0 Å². The maximum Gasteiger partial charge on any atom is 0.287 e. The van der Waals surface area contributed by atoms with Gasteiger partial charge in [0.05, 0.1) is 6.54 Å². The Labute approximate surface area is 95.2 Å². The van der Waals surface area contributed by atoms with Gasteiger partial charge in [0.2, 0.25) is 0 Å². The van der Waals surface area contributed by atoms with Gasteiger partial charge in [0.15, 0.2) is 5.76 Å². The second-order valence-corrected chi connectivity index (χ2v) is 4.41. The zero-order valence-electron chi connectivity index (χ0n) is 9.58. The second-order valence-electron chi connectivity index (χ2n) is 4.41. The lowest BCUT2D eigenvalue weighted by Crippen LogP contribution is -2.52. The van der Waals surface area contributed by atoms with Gasteiger partial charge in [-0.1, -0.05) is 6.92 Å². The third-order valence-corrected chi connectivity index (χ3v) is 3.45. The number of furan rings is 1. The third kappa shape index (κ3) is 1.97. The Morgan fingerprint density at radius 2 is 2.31 bits per heavy atom. The minimum atomic E-state index is -0.124. The van der Waals surface area contributed by atoms with Gasteiger partial charge in [0.1, 0.15) is 5.76 Å². The van der Waals surface area contributed by atoms with Crippen molar-refractivity contribution in [1.82, 2.24) is 5.32 Å². The number of carbonyl (C=O) groups excluding carboxylic acids is 1. The lowest BCUT2D eigenvalue weighted by atomic mass is 9.75. The van der Waals surface area contributed by atoms with E-state index < -0.39 is 0 Å². The fourth-order valence-corrected chi connectivity index (χ4v) is 2.08. The highest BCUT2D eigenvalue weighted by atomic mass is 16.4. The van der Waals surface area contributed by atoms with Crippen LogP contribution in [-0.4, -0.2) is 11.4 Å². The molecule has 1 saturated carbocycles. The third-order valence-electron chi connectivity index (χ3n) is 3.45. The molecule has 88 valence electrons. The lowest BCUT2D eigenvalue weighted by molar-refractivity contribution is 0.0790. The molecule has 3 N–H and O–H groups in total. The summed E-state index contributed by atoms with van der Waals surface area (Å²) in [6.07, 6.45) is 4.31. The highest BCUT2D eigenvalue weighted by Gasteiger charge is 2.37. The molecule has 0 atom stereocenters. The molecule has 1 aliphatic rings. The molecule has 4 heteroatoms. The highest BCUT2D eigenvalue weighted by Crippen LogP contribution is 2.34. The van der Waals surface area contributed by atoms with Crippen molar-refractivity contribution in [3.63, 3.8) is 0 Å². The van der Waals surface area contributed by atoms with Gasteiger partial charge >= 0.3 is 0 Å². The van der Waals surface area contributed by atoms with Gasteiger partial charge in [0, 0.05) is 5.54 Å². The highest BCUT2D eigenvalue weighted by molar-refractivity contribution is 5.92. The van der Waals surface area contributed by atoms with Gasteiger partial charge in [0.25, 0.3) is 5.91 Å². The molecule has 1 fully saturated rings. The van der Waals surface area contributed by atoms with Crippen LogP contribution in [0.3, 0.4) is 0 Å². The molecule has 1 aliphatic carbocycles. The van der Waals surface area contributed by atoms with E-state index in [1.165, 1.54) is 6.42 Å². The van der Waals surface area contributed by atoms with E-state index in [9.17, 15) is 4.79 Å². The summed E-state index contributed by atoms with van der Waals surface area (Å²) < 4.78 is 5.32. The molecule has 2 rings (SSSR count). The predicted octanol–water partition coefficient (Wildman–Crippen LogP) is 1.80. The zero-order chi connectivity index (χ0) is 11.6. The monoisotopic (exact) mass is 222 g/mol. The van der Waals surface area contributed by atoms with Crippen LogP contribution in [0.25, 0.3) is 0 Å². The first kappa shape index (κ1) is 11.2. The van der Waals surface area contributed by atoms with Gasteiger partial charge in [-0.15, -0.1) is 0 Å². The Bertz CT molecular complexity index is 375. The van der Waals surface area contributed by atoms with Crippen LogP contribution in [0.15, 0.2) is 16.5 Å². The van der Waals surface area contributed by atoms with Crippen LogP contribution < -0.4 is 11.1 Å². The number of nitrogens with one attached hydrogen (secondary N) is 1. The molecule has 0 saturated heterocycles. The van der Waals surface area contributed by atoms with E-state index >= 15 is 0 Å². The molecule has 0 aromatic carbocycles. The summed E-state index contributed by atoms with van der Waals surface area (Å²) in [5.41, 5.74) is 5.44.